The lowest BCUT2D eigenvalue weighted by Crippen LogP contribution is -2.60. The highest BCUT2D eigenvalue weighted by Gasteiger charge is 2.42. The molecule has 1 atom stereocenters. The molecule has 1 N–H and O–H groups in total. The van der Waals surface area contributed by atoms with Gasteiger partial charge in [-0.1, -0.05) is 11.3 Å². The lowest BCUT2D eigenvalue weighted by atomic mass is 10.1. The molecule has 16 heteroatoms. The fraction of sp³-hybridized carbons (Fsp3) is 0.583. The fourth-order valence-corrected chi connectivity index (χ4v) is 7.37. The van der Waals surface area contributed by atoms with Crippen LogP contribution in [0.3, 0.4) is 0 Å². The molecular weight excluding hydrogens is 565 g/mol. The SMILES string of the molecule is CC1(NS(=O)(=O)c2cc(N3CCN4C(=O)COC[C@H]4C3)c3c(OC4COC4)nn(-c4nnc(CF)s4)c3c2)CC1. The number of fused-ring (bicyclic) bond motifs is 2. The van der Waals surface area contributed by atoms with Crippen molar-refractivity contribution in [1.82, 2.24) is 29.6 Å². The lowest BCUT2D eigenvalue weighted by Gasteiger charge is -2.44. The number of halogens is 1. The molecule has 2 aromatic heterocycles. The number of amides is 1. The normalized spacial score (nSPS) is 22.9. The Morgan fingerprint density at radius 2 is 2.02 bits per heavy atom. The number of hydrogen-bond acceptors (Lipinski definition) is 11. The van der Waals surface area contributed by atoms with Crippen molar-refractivity contribution in [3.8, 4) is 11.0 Å². The smallest absolute Gasteiger partial charge is 0.249 e. The van der Waals surface area contributed by atoms with Gasteiger partial charge in [0, 0.05) is 25.2 Å². The summed E-state index contributed by atoms with van der Waals surface area (Å²) >= 11 is 1.03. The first-order valence-corrected chi connectivity index (χ1v) is 15.4. The van der Waals surface area contributed by atoms with Gasteiger partial charge in [-0.25, -0.2) is 22.2 Å². The van der Waals surface area contributed by atoms with Crippen LogP contribution in [-0.2, 0) is 31.0 Å². The van der Waals surface area contributed by atoms with Gasteiger partial charge < -0.3 is 24.0 Å². The van der Waals surface area contributed by atoms with E-state index in [-0.39, 0.29) is 39.7 Å². The van der Waals surface area contributed by atoms with Crippen LogP contribution in [0.25, 0.3) is 16.0 Å². The minimum absolute atomic E-state index is 0.0546. The third-order valence-electron chi connectivity index (χ3n) is 7.71. The van der Waals surface area contributed by atoms with Gasteiger partial charge in [0.1, 0.15) is 24.4 Å². The predicted molar refractivity (Wildman–Crippen MR) is 141 cm³/mol. The number of rotatable bonds is 8. The van der Waals surface area contributed by atoms with Gasteiger partial charge in [0.25, 0.3) is 0 Å². The Kier molecular flexibility index (Phi) is 6.23. The van der Waals surface area contributed by atoms with E-state index in [1.165, 1.54) is 4.68 Å². The summed E-state index contributed by atoms with van der Waals surface area (Å²) in [6, 6.07) is 3.01. The number of aromatic nitrogens is 4. The van der Waals surface area contributed by atoms with E-state index >= 15 is 0 Å². The predicted octanol–water partition coefficient (Wildman–Crippen LogP) is 1.00. The van der Waals surface area contributed by atoms with E-state index in [2.05, 4.69) is 20.0 Å². The molecule has 7 rings (SSSR count). The molecule has 0 bridgehead atoms. The number of hydrogen-bond donors (Lipinski definition) is 1. The number of carbonyl (C=O) groups is 1. The van der Waals surface area contributed by atoms with Crippen molar-refractivity contribution in [2.45, 2.75) is 49.0 Å². The Morgan fingerprint density at radius 1 is 1.20 bits per heavy atom. The quantitative estimate of drug-likeness (QED) is 0.402. The van der Waals surface area contributed by atoms with Crippen molar-refractivity contribution in [2.24, 2.45) is 0 Å². The third-order valence-corrected chi connectivity index (χ3v) is 10.2. The summed E-state index contributed by atoms with van der Waals surface area (Å²) in [7, 11) is -3.91. The maximum atomic E-state index is 13.6. The van der Waals surface area contributed by atoms with E-state index in [0.717, 1.165) is 24.2 Å². The molecular formula is C24H28FN7O6S2. The van der Waals surface area contributed by atoms with Gasteiger partial charge in [0.15, 0.2) is 0 Å². The molecule has 3 aliphatic heterocycles. The van der Waals surface area contributed by atoms with Crippen molar-refractivity contribution in [3.63, 3.8) is 0 Å². The third kappa shape index (κ3) is 4.60. The number of morpholine rings is 1. The second-order valence-electron chi connectivity index (χ2n) is 10.8. The van der Waals surface area contributed by atoms with E-state index in [9.17, 15) is 17.6 Å². The van der Waals surface area contributed by atoms with Gasteiger partial charge in [-0.05, 0) is 31.9 Å². The highest BCUT2D eigenvalue weighted by molar-refractivity contribution is 7.89. The molecule has 1 saturated carbocycles. The lowest BCUT2D eigenvalue weighted by molar-refractivity contribution is -0.148. The molecule has 4 aliphatic rings. The van der Waals surface area contributed by atoms with Crippen molar-refractivity contribution in [1.29, 1.82) is 0 Å². The number of nitrogens with zero attached hydrogens (tertiary/aromatic N) is 6. The maximum absolute atomic E-state index is 13.6. The largest absolute Gasteiger partial charge is 0.468 e. The molecule has 214 valence electrons. The minimum atomic E-state index is -3.91. The second kappa shape index (κ2) is 9.58. The first-order chi connectivity index (χ1) is 19.2. The second-order valence-corrected chi connectivity index (χ2v) is 13.5. The molecule has 3 saturated heterocycles. The number of alkyl halides is 1. The van der Waals surface area contributed by atoms with Crippen LogP contribution >= 0.6 is 11.3 Å². The first kappa shape index (κ1) is 26.0. The van der Waals surface area contributed by atoms with Crippen molar-refractivity contribution in [3.05, 3.63) is 17.1 Å². The van der Waals surface area contributed by atoms with Gasteiger partial charge in [-0.2, -0.15) is 0 Å². The highest BCUT2D eigenvalue weighted by atomic mass is 32.2. The van der Waals surface area contributed by atoms with E-state index in [0.29, 0.717) is 61.9 Å². The van der Waals surface area contributed by atoms with Crippen LogP contribution < -0.4 is 14.4 Å². The van der Waals surface area contributed by atoms with Crippen LogP contribution in [0.4, 0.5) is 10.1 Å². The number of sulfonamides is 1. The summed E-state index contributed by atoms with van der Waals surface area (Å²) in [6.45, 7) is 3.76. The van der Waals surface area contributed by atoms with Gasteiger partial charge in [0.05, 0.1) is 47.3 Å². The molecule has 0 unspecified atom stereocenters. The molecule has 40 heavy (non-hydrogen) atoms. The van der Waals surface area contributed by atoms with E-state index < -0.39 is 22.2 Å². The zero-order chi connectivity index (χ0) is 27.6. The summed E-state index contributed by atoms with van der Waals surface area (Å²) in [6.07, 6.45) is 1.31. The maximum Gasteiger partial charge on any atom is 0.249 e. The standard InChI is InChI=1S/C24H28FN7O6S2/c1-24(2-3-24)29-40(34,35)16-6-17(30-4-5-31-14(9-30)10-36-13-20(31)33)21-18(7-16)32(23-27-26-19(8-25)39-23)28-22(21)38-15-11-37-12-15/h6-7,14-15,29H,2-5,8-13H2,1H3/t14-/m1/s1. The molecule has 0 radical (unpaired) electrons. The topological polar surface area (TPSA) is 141 Å². The van der Waals surface area contributed by atoms with Crippen LogP contribution in [0, 0.1) is 0 Å². The summed E-state index contributed by atoms with van der Waals surface area (Å²) in [4.78, 5) is 16.4. The van der Waals surface area contributed by atoms with Crippen molar-refractivity contribution >= 4 is 43.9 Å². The van der Waals surface area contributed by atoms with Crippen LogP contribution in [0.15, 0.2) is 17.0 Å². The number of piperazine rings is 1. The molecule has 1 amide bonds. The molecule has 5 heterocycles. The van der Waals surface area contributed by atoms with E-state index in [1.807, 2.05) is 16.7 Å². The Hall–Kier alpha value is -2.92. The zero-order valence-corrected chi connectivity index (χ0v) is 23.3. The van der Waals surface area contributed by atoms with Gasteiger partial charge >= 0.3 is 0 Å². The number of carbonyl (C=O) groups excluding carboxylic acids is 1. The number of nitrogens with one attached hydrogen (secondary N) is 1. The average molecular weight is 594 g/mol. The molecule has 3 aromatic rings. The Balaban J connectivity index is 1.40. The van der Waals surface area contributed by atoms with Gasteiger partial charge in [-0.3, -0.25) is 4.79 Å². The van der Waals surface area contributed by atoms with E-state index in [4.69, 9.17) is 14.2 Å². The summed E-state index contributed by atoms with van der Waals surface area (Å²) in [5, 5.41) is 13.7. The monoisotopic (exact) mass is 593 g/mol. The summed E-state index contributed by atoms with van der Waals surface area (Å²) in [5.41, 5.74) is 0.565. The average Bonchev–Trinajstić information content (AvgIpc) is 3.30. The molecule has 4 fully saturated rings. The van der Waals surface area contributed by atoms with Crippen LogP contribution in [0.5, 0.6) is 5.88 Å². The summed E-state index contributed by atoms with van der Waals surface area (Å²) in [5.74, 6) is 0.237. The Morgan fingerprint density at radius 3 is 2.73 bits per heavy atom. The number of benzene rings is 1. The number of ether oxygens (including phenoxy) is 3. The minimum Gasteiger partial charge on any atom is -0.468 e. The molecule has 0 spiro atoms. The summed E-state index contributed by atoms with van der Waals surface area (Å²) < 4.78 is 61.9. The number of anilines is 1. The fourth-order valence-electron chi connectivity index (χ4n) is 5.21. The van der Waals surface area contributed by atoms with Crippen LogP contribution in [0.2, 0.25) is 0 Å². The molecule has 1 aromatic carbocycles. The van der Waals surface area contributed by atoms with Gasteiger partial charge in [0.2, 0.25) is 26.9 Å². The highest BCUT2D eigenvalue weighted by Crippen LogP contribution is 2.41. The zero-order valence-electron chi connectivity index (χ0n) is 21.7. The van der Waals surface area contributed by atoms with Crippen molar-refractivity contribution in [2.75, 3.05) is 51.0 Å². The molecule has 1 aliphatic carbocycles. The van der Waals surface area contributed by atoms with Crippen LogP contribution in [0.1, 0.15) is 24.8 Å². The Labute approximate surface area is 233 Å². The Bertz CT molecular complexity index is 1590. The molecule has 13 nitrogen and oxygen atoms in total. The van der Waals surface area contributed by atoms with Crippen molar-refractivity contribution < 1.29 is 31.8 Å². The van der Waals surface area contributed by atoms with Gasteiger partial charge in [-0.15, -0.1) is 15.3 Å². The van der Waals surface area contributed by atoms with E-state index in [1.54, 1.807) is 12.1 Å². The first-order valence-electron chi connectivity index (χ1n) is 13.1. The van der Waals surface area contributed by atoms with Crippen LogP contribution in [-0.4, -0.2) is 103 Å².